The molecule has 2 heterocycles. The number of imidazole rings is 1. The van der Waals surface area contributed by atoms with Crippen molar-refractivity contribution in [3.8, 4) is 0 Å². The van der Waals surface area contributed by atoms with Gasteiger partial charge in [-0.3, -0.25) is 9.09 Å². The van der Waals surface area contributed by atoms with E-state index in [-0.39, 0.29) is 18.1 Å². The van der Waals surface area contributed by atoms with Gasteiger partial charge in [0, 0.05) is 0 Å². The number of carbonyl (C=O) groups excluding carboxylic acids is 1. The largest absolute Gasteiger partial charge is 0.469 e. The molecule has 0 amide bonds. The topological polar surface area (TPSA) is 187 Å². The molecule has 136 valence electrons. The Labute approximate surface area is 136 Å². The first-order valence-electron chi connectivity index (χ1n) is 6.86. The summed E-state index contributed by atoms with van der Waals surface area (Å²) >= 11 is 0. The highest BCUT2D eigenvalue weighted by atomic mass is 31.2. The molecule has 0 radical (unpaired) electrons. The van der Waals surface area contributed by atoms with Crippen LogP contribution in [0.1, 0.15) is 23.6 Å². The van der Waals surface area contributed by atoms with Gasteiger partial charge in [-0.05, 0) is 6.92 Å². The number of aliphatic hydroxyl groups excluding tert-OH is 2. The predicted molar refractivity (Wildman–Crippen MR) is 76.5 cm³/mol. The number of carbonyl (C=O) groups is 1. The average molecular weight is 367 g/mol. The fourth-order valence-corrected chi connectivity index (χ4v) is 2.54. The van der Waals surface area contributed by atoms with Crippen molar-refractivity contribution in [3.05, 3.63) is 12.0 Å². The molecule has 0 aliphatic carbocycles. The number of aromatic nitrogens is 2. The average Bonchev–Trinajstić information content (AvgIpc) is 2.99. The van der Waals surface area contributed by atoms with Crippen LogP contribution in [0.5, 0.6) is 0 Å². The van der Waals surface area contributed by atoms with Crippen LogP contribution in [0, 0.1) is 0 Å². The molecule has 2 rings (SSSR count). The summed E-state index contributed by atoms with van der Waals surface area (Å²) in [5.74, 6) is -0.913. The number of phosphoric acid groups is 1. The summed E-state index contributed by atoms with van der Waals surface area (Å²) in [6.07, 6.45) is -4.29. The number of nitrogens with two attached hydrogens (primary N) is 1. The van der Waals surface area contributed by atoms with Crippen LogP contribution in [0.2, 0.25) is 0 Å². The third-order valence-electron chi connectivity index (χ3n) is 3.32. The molecule has 24 heavy (non-hydrogen) atoms. The Balaban J connectivity index is 2.15. The van der Waals surface area contributed by atoms with Crippen molar-refractivity contribution in [2.24, 2.45) is 0 Å². The fourth-order valence-electron chi connectivity index (χ4n) is 2.20. The van der Waals surface area contributed by atoms with E-state index in [2.05, 4.69) is 9.51 Å². The first kappa shape index (κ1) is 18.8. The summed E-state index contributed by atoms with van der Waals surface area (Å²) in [5.41, 5.74) is 5.60. The van der Waals surface area contributed by atoms with Crippen LogP contribution in [0.4, 0.5) is 5.82 Å². The lowest BCUT2D eigenvalue weighted by Gasteiger charge is -2.17. The van der Waals surface area contributed by atoms with E-state index < -0.39 is 44.9 Å². The highest BCUT2D eigenvalue weighted by Crippen LogP contribution is 2.38. The Morgan fingerprint density at radius 2 is 2.12 bits per heavy atom. The first-order chi connectivity index (χ1) is 11.2. The highest BCUT2D eigenvalue weighted by Gasteiger charge is 2.45. The van der Waals surface area contributed by atoms with Crippen molar-refractivity contribution in [2.75, 3.05) is 18.9 Å². The number of aliphatic hydroxyl groups is 2. The third-order valence-corrected chi connectivity index (χ3v) is 3.80. The lowest BCUT2D eigenvalue weighted by molar-refractivity contribution is -0.0511. The van der Waals surface area contributed by atoms with Gasteiger partial charge >= 0.3 is 13.8 Å². The first-order valence-corrected chi connectivity index (χ1v) is 8.39. The van der Waals surface area contributed by atoms with E-state index in [1.54, 1.807) is 6.92 Å². The fraction of sp³-hybridized carbons (Fsp3) is 0.636. The Morgan fingerprint density at radius 3 is 2.71 bits per heavy atom. The van der Waals surface area contributed by atoms with Crippen LogP contribution in [0.3, 0.4) is 0 Å². The number of hydrogen-bond acceptors (Lipinski definition) is 9. The molecular formula is C11H18N3O9P. The maximum Gasteiger partial charge on any atom is 0.469 e. The van der Waals surface area contributed by atoms with Crippen LogP contribution in [0.15, 0.2) is 6.33 Å². The number of phosphoric ester groups is 1. The lowest BCUT2D eigenvalue weighted by atomic mass is 10.1. The minimum Gasteiger partial charge on any atom is -0.461 e. The SMILES string of the molecule is CCOC(=O)c1ncn([C@H]2O[C@H](COP(=O)(O)O)[C@@H](O)[C@@H]2O)c1N. The summed E-state index contributed by atoms with van der Waals surface area (Å²) < 4.78 is 26.2. The maximum absolute atomic E-state index is 11.7. The molecule has 0 aromatic carbocycles. The van der Waals surface area contributed by atoms with Gasteiger partial charge in [0.2, 0.25) is 0 Å². The van der Waals surface area contributed by atoms with E-state index in [0.29, 0.717) is 0 Å². The van der Waals surface area contributed by atoms with Gasteiger partial charge in [-0.1, -0.05) is 0 Å². The zero-order valence-corrected chi connectivity index (χ0v) is 13.4. The molecule has 4 atom stereocenters. The van der Waals surface area contributed by atoms with E-state index in [0.717, 1.165) is 10.9 Å². The normalized spacial score (nSPS) is 27.4. The van der Waals surface area contributed by atoms with E-state index in [1.807, 2.05) is 0 Å². The summed E-state index contributed by atoms with van der Waals surface area (Å²) in [5, 5.41) is 19.9. The number of nitrogen functional groups attached to an aromatic ring is 1. The molecular weight excluding hydrogens is 349 g/mol. The van der Waals surface area contributed by atoms with Crippen molar-refractivity contribution < 1.29 is 43.4 Å². The molecule has 1 aliphatic rings. The third kappa shape index (κ3) is 3.92. The Kier molecular flexibility index (Phi) is 5.60. The van der Waals surface area contributed by atoms with Crippen molar-refractivity contribution in [2.45, 2.75) is 31.5 Å². The molecule has 12 nitrogen and oxygen atoms in total. The van der Waals surface area contributed by atoms with Gasteiger partial charge in [-0.2, -0.15) is 0 Å². The van der Waals surface area contributed by atoms with Gasteiger partial charge < -0.3 is 35.2 Å². The second-order valence-corrected chi connectivity index (χ2v) is 6.18. The van der Waals surface area contributed by atoms with Gasteiger partial charge in [0.05, 0.1) is 19.5 Å². The Morgan fingerprint density at radius 1 is 1.46 bits per heavy atom. The Bertz CT molecular complexity index is 645. The van der Waals surface area contributed by atoms with Gasteiger partial charge in [0.25, 0.3) is 0 Å². The van der Waals surface area contributed by atoms with E-state index >= 15 is 0 Å². The maximum atomic E-state index is 11.7. The van der Waals surface area contributed by atoms with Crippen molar-refractivity contribution >= 4 is 19.6 Å². The molecule has 1 fully saturated rings. The summed E-state index contributed by atoms with van der Waals surface area (Å²) in [4.78, 5) is 32.8. The van der Waals surface area contributed by atoms with E-state index in [4.69, 9.17) is 25.0 Å². The monoisotopic (exact) mass is 367 g/mol. The van der Waals surface area contributed by atoms with Crippen LogP contribution >= 0.6 is 7.82 Å². The van der Waals surface area contributed by atoms with E-state index in [9.17, 15) is 19.6 Å². The van der Waals surface area contributed by atoms with Crippen LogP contribution in [-0.4, -0.2) is 67.0 Å². The second kappa shape index (κ2) is 7.15. The van der Waals surface area contributed by atoms with Crippen molar-refractivity contribution in [1.29, 1.82) is 0 Å². The van der Waals surface area contributed by atoms with Crippen molar-refractivity contribution in [1.82, 2.24) is 9.55 Å². The van der Waals surface area contributed by atoms with Crippen molar-refractivity contribution in [3.63, 3.8) is 0 Å². The minimum atomic E-state index is -4.76. The molecule has 0 unspecified atom stereocenters. The zero-order chi connectivity index (χ0) is 18.1. The van der Waals surface area contributed by atoms with Gasteiger partial charge in [-0.25, -0.2) is 14.3 Å². The molecule has 0 saturated carbocycles. The zero-order valence-electron chi connectivity index (χ0n) is 12.6. The molecule has 6 N–H and O–H groups in total. The summed E-state index contributed by atoms with van der Waals surface area (Å²) in [6.45, 7) is 1.07. The van der Waals surface area contributed by atoms with Crippen LogP contribution in [0.25, 0.3) is 0 Å². The number of nitrogens with zero attached hydrogens (tertiary/aromatic N) is 2. The number of ether oxygens (including phenoxy) is 2. The molecule has 0 bridgehead atoms. The number of rotatable bonds is 6. The molecule has 0 spiro atoms. The minimum absolute atomic E-state index is 0.119. The van der Waals surface area contributed by atoms with Crippen LogP contribution in [-0.2, 0) is 18.6 Å². The standard InChI is InChI=1S/C11H18N3O9P/c1-2-21-11(17)6-9(12)14(4-13-6)10-8(16)7(15)5(23-10)3-22-24(18,19)20/h4-5,7-8,10,15-16H,2-3,12H2,1H3,(H2,18,19,20)/t5-,7-,8+,10+/m1/s1. The Hall–Kier alpha value is -1.53. The highest BCUT2D eigenvalue weighted by molar-refractivity contribution is 7.46. The smallest absolute Gasteiger partial charge is 0.461 e. The quantitative estimate of drug-likeness (QED) is 0.287. The summed E-state index contributed by atoms with van der Waals surface area (Å²) in [7, 11) is -4.76. The second-order valence-electron chi connectivity index (χ2n) is 4.94. The van der Waals surface area contributed by atoms with Gasteiger partial charge in [0.1, 0.15) is 24.1 Å². The molecule has 1 aliphatic heterocycles. The molecule has 1 saturated heterocycles. The number of hydrogen-bond donors (Lipinski definition) is 5. The van der Waals surface area contributed by atoms with Gasteiger partial charge in [-0.15, -0.1) is 0 Å². The number of esters is 1. The molecule has 13 heteroatoms. The molecule has 1 aromatic heterocycles. The van der Waals surface area contributed by atoms with Gasteiger partial charge in [0.15, 0.2) is 11.9 Å². The lowest BCUT2D eigenvalue weighted by Crippen LogP contribution is -2.33. The predicted octanol–water partition coefficient (Wildman–Crippen LogP) is -1.63. The number of anilines is 1. The van der Waals surface area contributed by atoms with Crippen LogP contribution < -0.4 is 5.73 Å². The summed E-state index contributed by atoms with van der Waals surface area (Å²) in [6, 6.07) is 0. The van der Waals surface area contributed by atoms with E-state index in [1.165, 1.54) is 0 Å². The molecule has 1 aromatic rings.